The van der Waals surface area contributed by atoms with Crippen LogP contribution in [0.5, 0.6) is 11.5 Å². The Labute approximate surface area is 239 Å². The number of rotatable bonds is 13. The number of aromatic nitrogens is 2. The minimum atomic E-state index is -0.128. The van der Waals surface area contributed by atoms with Gasteiger partial charge in [0.2, 0.25) is 11.9 Å². The van der Waals surface area contributed by atoms with Gasteiger partial charge in [-0.2, -0.15) is 0 Å². The lowest BCUT2D eigenvalue weighted by Gasteiger charge is -2.25. The van der Waals surface area contributed by atoms with Crippen LogP contribution in [0.25, 0.3) is 0 Å². The highest BCUT2D eigenvalue weighted by molar-refractivity contribution is 5.92. The number of carbonyl (C=O) groups is 1. The molecule has 1 aromatic heterocycles. The van der Waals surface area contributed by atoms with Gasteiger partial charge in [-0.3, -0.25) is 4.79 Å². The summed E-state index contributed by atoms with van der Waals surface area (Å²) in [6.07, 6.45) is 8.01. The standard InChI is InChI=1S/C31H42N4O3.ClH/c1-7-8-9-11-23(25-14-13-24(37-5)20-28(25)38-6)19-29(36)35-27-18-22(12-15-26(27)31(2,3)4)21-34-30-32-16-10-17-33-30;/h10,12-18,20,23H,7-9,11,19,21H2,1-6H3,(H,35,36)(H,32,33,34);1H. The van der Waals surface area contributed by atoms with Crippen LogP contribution in [0.1, 0.15) is 82.4 Å². The fourth-order valence-corrected chi connectivity index (χ4v) is 4.62. The third kappa shape index (κ3) is 9.43. The van der Waals surface area contributed by atoms with Crippen molar-refractivity contribution in [1.82, 2.24) is 9.97 Å². The lowest BCUT2D eigenvalue weighted by atomic mass is 9.85. The zero-order chi connectivity index (χ0) is 27.5. The Bertz CT molecular complexity index is 1180. The first-order valence-electron chi connectivity index (χ1n) is 13.4. The monoisotopic (exact) mass is 554 g/mol. The molecule has 39 heavy (non-hydrogen) atoms. The highest BCUT2D eigenvalue weighted by Crippen LogP contribution is 2.36. The molecule has 0 bridgehead atoms. The van der Waals surface area contributed by atoms with Crippen LogP contribution < -0.4 is 20.1 Å². The van der Waals surface area contributed by atoms with Crippen molar-refractivity contribution in [1.29, 1.82) is 0 Å². The quantitative estimate of drug-likeness (QED) is 0.212. The lowest BCUT2D eigenvalue weighted by molar-refractivity contribution is -0.116. The molecule has 3 rings (SSSR count). The lowest BCUT2D eigenvalue weighted by Crippen LogP contribution is -2.21. The van der Waals surface area contributed by atoms with E-state index in [9.17, 15) is 4.79 Å². The average molecular weight is 555 g/mol. The second-order valence-electron chi connectivity index (χ2n) is 10.6. The van der Waals surface area contributed by atoms with Gasteiger partial charge in [0.05, 0.1) is 14.2 Å². The zero-order valence-corrected chi connectivity index (χ0v) is 24.9. The van der Waals surface area contributed by atoms with E-state index in [1.54, 1.807) is 32.7 Å². The molecule has 0 aliphatic carbocycles. The van der Waals surface area contributed by atoms with E-state index in [1.807, 2.05) is 18.2 Å². The normalized spacial score (nSPS) is 11.7. The number of unbranched alkanes of at least 4 members (excludes halogenated alkanes) is 2. The maximum Gasteiger partial charge on any atom is 0.224 e. The Hall–Kier alpha value is -3.32. The van der Waals surface area contributed by atoms with Gasteiger partial charge < -0.3 is 20.1 Å². The van der Waals surface area contributed by atoms with Crippen molar-refractivity contribution in [2.24, 2.45) is 0 Å². The third-order valence-electron chi connectivity index (χ3n) is 6.65. The third-order valence-corrected chi connectivity index (χ3v) is 6.65. The number of ether oxygens (including phenoxy) is 2. The Morgan fingerprint density at radius 3 is 2.38 bits per heavy atom. The molecular weight excluding hydrogens is 512 g/mol. The number of carbonyl (C=O) groups excluding carboxylic acids is 1. The van der Waals surface area contributed by atoms with Crippen LogP contribution in [-0.4, -0.2) is 30.1 Å². The molecule has 0 saturated heterocycles. The van der Waals surface area contributed by atoms with E-state index in [1.165, 1.54) is 0 Å². The molecule has 0 radical (unpaired) electrons. The van der Waals surface area contributed by atoms with Gasteiger partial charge in [0.25, 0.3) is 0 Å². The molecule has 1 amide bonds. The van der Waals surface area contributed by atoms with Gasteiger partial charge in [-0.25, -0.2) is 9.97 Å². The number of benzene rings is 2. The minimum Gasteiger partial charge on any atom is -0.497 e. The summed E-state index contributed by atoms with van der Waals surface area (Å²) >= 11 is 0. The minimum absolute atomic E-state index is 0. The van der Waals surface area contributed by atoms with E-state index < -0.39 is 0 Å². The van der Waals surface area contributed by atoms with E-state index in [0.717, 1.165) is 59.6 Å². The smallest absolute Gasteiger partial charge is 0.224 e. The summed E-state index contributed by atoms with van der Waals surface area (Å²) in [4.78, 5) is 22.0. The molecule has 1 heterocycles. The number of amides is 1. The summed E-state index contributed by atoms with van der Waals surface area (Å²) < 4.78 is 11.1. The molecule has 7 nitrogen and oxygen atoms in total. The number of hydrogen-bond acceptors (Lipinski definition) is 6. The topological polar surface area (TPSA) is 85.4 Å². The van der Waals surface area contributed by atoms with Gasteiger partial charge in [-0.05, 0) is 52.6 Å². The van der Waals surface area contributed by atoms with E-state index in [-0.39, 0.29) is 29.6 Å². The molecule has 0 saturated carbocycles. The van der Waals surface area contributed by atoms with E-state index in [0.29, 0.717) is 18.9 Å². The molecular formula is C31H43ClN4O3. The molecule has 8 heteroatoms. The summed E-state index contributed by atoms with van der Waals surface area (Å²) in [5.74, 6) is 2.10. The maximum atomic E-state index is 13.5. The predicted octanol–water partition coefficient (Wildman–Crippen LogP) is 7.52. The van der Waals surface area contributed by atoms with Crippen LogP contribution in [0.4, 0.5) is 11.6 Å². The fraction of sp³-hybridized carbons (Fsp3) is 0.452. The average Bonchev–Trinajstić information content (AvgIpc) is 2.91. The number of anilines is 2. The first-order chi connectivity index (χ1) is 18.2. The van der Waals surface area contributed by atoms with Gasteiger partial charge >= 0.3 is 0 Å². The van der Waals surface area contributed by atoms with Crippen molar-refractivity contribution in [3.05, 3.63) is 71.5 Å². The Kier molecular flexibility index (Phi) is 12.5. The van der Waals surface area contributed by atoms with Crippen molar-refractivity contribution >= 4 is 29.9 Å². The molecule has 1 unspecified atom stereocenters. The van der Waals surface area contributed by atoms with E-state index in [4.69, 9.17) is 9.47 Å². The summed E-state index contributed by atoms with van der Waals surface area (Å²) in [7, 11) is 3.31. The van der Waals surface area contributed by atoms with Crippen molar-refractivity contribution in [3.8, 4) is 11.5 Å². The van der Waals surface area contributed by atoms with Crippen molar-refractivity contribution in [3.63, 3.8) is 0 Å². The number of hydrogen-bond donors (Lipinski definition) is 2. The van der Waals surface area contributed by atoms with Crippen LogP contribution >= 0.6 is 12.4 Å². The second kappa shape index (κ2) is 15.3. The second-order valence-corrected chi connectivity index (χ2v) is 10.6. The highest BCUT2D eigenvalue weighted by Gasteiger charge is 2.23. The molecule has 0 aliphatic rings. The van der Waals surface area contributed by atoms with Gasteiger partial charge in [0.1, 0.15) is 11.5 Å². The molecule has 0 spiro atoms. The van der Waals surface area contributed by atoms with Crippen LogP contribution in [0, 0.1) is 0 Å². The molecule has 212 valence electrons. The molecule has 2 N–H and O–H groups in total. The fourth-order valence-electron chi connectivity index (χ4n) is 4.62. The Morgan fingerprint density at radius 1 is 1.00 bits per heavy atom. The molecule has 0 aliphatic heterocycles. The molecule has 1 atom stereocenters. The maximum absolute atomic E-state index is 13.5. The number of nitrogens with one attached hydrogen (secondary N) is 2. The molecule has 2 aromatic carbocycles. The molecule has 3 aromatic rings. The summed E-state index contributed by atoms with van der Waals surface area (Å²) in [6.45, 7) is 9.21. The Morgan fingerprint density at radius 2 is 1.74 bits per heavy atom. The number of nitrogens with zero attached hydrogens (tertiary/aromatic N) is 2. The van der Waals surface area contributed by atoms with Crippen LogP contribution in [0.3, 0.4) is 0 Å². The Balaban J connectivity index is 0.00000533. The largest absolute Gasteiger partial charge is 0.497 e. The van der Waals surface area contributed by atoms with Crippen LogP contribution in [0.15, 0.2) is 54.9 Å². The summed E-state index contributed by atoms with van der Waals surface area (Å²) in [5, 5.41) is 6.49. The number of halogens is 1. The van der Waals surface area contributed by atoms with Gasteiger partial charge in [-0.1, -0.05) is 65.2 Å². The molecule has 0 fully saturated rings. The van der Waals surface area contributed by atoms with Gasteiger partial charge in [0, 0.05) is 37.1 Å². The van der Waals surface area contributed by atoms with E-state index >= 15 is 0 Å². The number of methoxy groups -OCH3 is 2. The van der Waals surface area contributed by atoms with Crippen molar-refractivity contribution in [2.45, 2.75) is 77.7 Å². The summed E-state index contributed by atoms with van der Waals surface area (Å²) in [5.41, 5.74) is 3.88. The summed E-state index contributed by atoms with van der Waals surface area (Å²) in [6, 6.07) is 13.9. The first kappa shape index (κ1) is 31.9. The van der Waals surface area contributed by atoms with Crippen LogP contribution in [-0.2, 0) is 16.8 Å². The zero-order valence-electron chi connectivity index (χ0n) is 24.0. The van der Waals surface area contributed by atoms with E-state index in [2.05, 4.69) is 66.5 Å². The van der Waals surface area contributed by atoms with Crippen molar-refractivity contribution in [2.75, 3.05) is 24.9 Å². The SMILES string of the molecule is CCCCCC(CC(=O)Nc1cc(CNc2ncccn2)ccc1C(C)(C)C)c1ccc(OC)cc1OC.Cl. The highest BCUT2D eigenvalue weighted by atomic mass is 35.5. The predicted molar refractivity (Wildman–Crippen MR) is 161 cm³/mol. The van der Waals surface area contributed by atoms with Crippen LogP contribution in [0.2, 0.25) is 0 Å². The van der Waals surface area contributed by atoms with Gasteiger partial charge in [-0.15, -0.1) is 12.4 Å². The van der Waals surface area contributed by atoms with Crippen molar-refractivity contribution < 1.29 is 14.3 Å². The van der Waals surface area contributed by atoms with Gasteiger partial charge in [0.15, 0.2) is 0 Å². The first-order valence-corrected chi connectivity index (χ1v) is 13.4.